The third-order valence-electron chi connectivity index (χ3n) is 1.15. The van der Waals surface area contributed by atoms with Crippen LogP contribution in [0.5, 0.6) is 0 Å². The molecule has 1 radical (unpaired) electrons. The average molecular weight is 108 g/mol. The van der Waals surface area contributed by atoms with Crippen LogP contribution in [0, 0.1) is 0 Å². The van der Waals surface area contributed by atoms with Gasteiger partial charge >= 0.3 is 0 Å². The SMILES string of the molecule is CC1=C[N]C=C(C)C1. The average Bonchev–Trinajstić information content (AvgIpc) is 1.64. The van der Waals surface area contributed by atoms with Crippen LogP contribution in [0.15, 0.2) is 23.5 Å². The van der Waals surface area contributed by atoms with Gasteiger partial charge in [-0.25, -0.2) is 0 Å². The molecule has 0 saturated heterocycles. The fourth-order valence-electron chi connectivity index (χ4n) is 0.823. The molecule has 0 aromatic carbocycles. The second-order valence-electron chi connectivity index (χ2n) is 2.28. The Balaban J connectivity index is 2.57. The quantitative estimate of drug-likeness (QED) is 0.449. The van der Waals surface area contributed by atoms with E-state index in [1.165, 1.54) is 11.1 Å². The maximum Gasteiger partial charge on any atom is 0.0260 e. The summed E-state index contributed by atoms with van der Waals surface area (Å²) in [5.41, 5.74) is 2.70. The number of hydrogen-bond donors (Lipinski definition) is 0. The van der Waals surface area contributed by atoms with E-state index in [1.807, 2.05) is 12.4 Å². The fraction of sp³-hybridized carbons (Fsp3) is 0.429. The first-order chi connectivity index (χ1) is 3.79. The summed E-state index contributed by atoms with van der Waals surface area (Å²) in [6.07, 6.45) is 4.92. The van der Waals surface area contributed by atoms with E-state index in [1.54, 1.807) is 0 Å². The molecule has 0 atom stereocenters. The van der Waals surface area contributed by atoms with Crippen LogP contribution in [0.2, 0.25) is 0 Å². The molecular formula is C7H10N. The summed E-state index contributed by atoms with van der Waals surface area (Å²) in [6.45, 7) is 4.19. The molecule has 43 valence electrons. The van der Waals surface area contributed by atoms with Crippen LogP contribution in [-0.2, 0) is 0 Å². The molecule has 0 unspecified atom stereocenters. The Morgan fingerprint density at radius 1 is 1.25 bits per heavy atom. The Morgan fingerprint density at radius 3 is 2.00 bits per heavy atom. The van der Waals surface area contributed by atoms with Gasteiger partial charge in [0.25, 0.3) is 0 Å². The second kappa shape index (κ2) is 2.03. The van der Waals surface area contributed by atoms with Crippen LogP contribution in [0.1, 0.15) is 20.3 Å². The molecule has 1 nitrogen and oxygen atoms in total. The summed E-state index contributed by atoms with van der Waals surface area (Å²) in [6, 6.07) is 0. The molecule has 0 saturated carbocycles. The van der Waals surface area contributed by atoms with Crippen LogP contribution in [-0.4, -0.2) is 0 Å². The fourth-order valence-corrected chi connectivity index (χ4v) is 0.823. The Bertz CT molecular complexity index is 126. The summed E-state index contributed by atoms with van der Waals surface area (Å²) < 4.78 is 0. The predicted molar refractivity (Wildman–Crippen MR) is 34.3 cm³/mol. The Labute approximate surface area is 50.1 Å². The van der Waals surface area contributed by atoms with E-state index < -0.39 is 0 Å². The number of rotatable bonds is 0. The monoisotopic (exact) mass is 108 g/mol. The molecule has 1 heterocycles. The smallest absolute Gasteiger partial charge is 0.0260 e. The highest BCUT2D eigenvalue weighted by Crippen LogP contribution is 2.11. The van der Waals surface area contributed by atoms with Gasteiger partial charge in [-0.2, -0.15) is 0 Å². The standard InChI is InChI=1S/C7H10N/c1-6-3-7(2)5-8-4-6/h4-5H,3H2,1-2H3. The maximum absolute atomic E-state index is 4.02. The van der Waals surface area contributed by atoms with E-state index in [9.17, 15) is 0 Å². The van der Waals surface area contributed by atoms with Crippen molar-refractivity contribution in [1.82, 2.24) is 5.32 Å². The van der Waals surface area contributed by atoms with Gasteiger partial charge < -0.3 is 0 Å². The van der Waals surface area contributed by atoms with Crippen molar-refractivity contribution in [3.05, 3.63) is 23.5 Å². The van der Waals surface area contributed by atoms with Gasteiger partial charge in [-0.05, 0) is 20.3 Å². The largest absolute Gasteiger partial charge is 0.265 e. The van der Waals surface area contributed by atoms with Crippen molar-refractivity contribution >= 4 is 0 Å². The molecule has 1 rings (SSSR count). The number of nitrogens with zero attached hydrogens (tertiary/aromatic N) is 1. The molecule has 1 aliphatic rings. The molecular weight excluding hydrogens is 98.1 g/mol. The molecule has 0 amide bonds. The maximum atomic E-state index is 4.02. The lowest BCUT2D eigenvalue weighted by Crippen LogP contribution is -1.95. The third-order valence-corrected chi connectivity index (χ3v) is 1.15. The van der Waals surface area contributed by atoms with Gasteiger partial charge in [-0.1, -0.05) is 11.1 Å². The van der Waals surface area contributed by atoms with Gasteiger partial charge in [0.1, 0.15) is 0 Å². The number of hydrogen-bond acceptors (Lipinski definition) is 0. The van der Waals surface area contributed by atoms with Gasteiger partial charge in [0.2, 0.25) is 0 Å². The first-order valence-electron chi connectivity index (χ1n) is 2.80. The molecule has 0 fully saturated rings. The van der Waals surface area contributed by atoms with Crippen LogP contribution in [0.25, 0.3) is 0 Å². The molecule has 0 N–H and O–H groups in total. The van der Waals surface area contributed by atoms with Crippen molar-refractivity contribution < 1.29 is 0 Å². The minimum Gasteiger partial charge on any atom is -0.265 e. The lowest BCUT2D eigenvalue weighted by molar-refractivity contribution is 0.966. The van der Waals surface area contributed by atoms with Gasteiger partial charge in [-0.15, -0.1) is 0 Å². The zero-order valence-electron chi connectivity index (χ0n) is 5.31. The molecule has 0 spiro atoms. The van der Waals surface area contributed by atoms with E-state index in [0.29, 0.717) is 0 Å². The predicted octanol–water partition coefficient (Wildman–Crippen LogP) is 1.80. The third kappa shape index (κ3) is 1.12. The number of allylic oxidation sites excluding steroid dienone is 2. The van der Waals surface area contributed by atoms with Crippen molar-refractivity contribution in [1.29, 1.82) is 0 Å². The van der Waals surface area contributed by atoms with E-state index in [2.05, 4.69) is 19.2 Å². The van der Waals surface area contributed by atoms with Crippen molar-refractivity contribution in [2.75, 3.05) is 0 Å². The summed E-state index contributed by atoms with van der Waals surface area (Å²) >= 11 is 0. The Hall–Kier alpha value is -0.720. The topological polar surface area (TPSA) is 14.1 Å². The highest BCUT2D eigenvalue weighted by molar-refractivity contribution is 5.16. The Kier molecular flexibility index (Phi) is 1.38. The molecule has 1 aliphatic heterocycles. The zero-order chi connectivity index (χ0) is 5.98. The molecule has 0 aliphatic carbocycles. The van der Waals surface area contributed by atoms with Crippen molar-refractivity contribution in [3.63, 3.8) is 0 Å². The molecule has 1 heteroatoms. The van der Waals surface area contributed by atoms with Gasteiger partial charge in [0, 0.05) is 12.4 Å². The lowest BCUT2D eigenvalue weighted by atomic mass is 10.1. The van der Waals surface area contributed by atoms with Crippen LogP contribution >= 0.6 is 0 Å². The molecule has 0 aromatic rings. The molecule has 0 aromatic heterocycles. The van der Waals surface area contributed by atoms with Crippen LogP contribution in [0.4, 0.5) is 0 Å². The van der Waals surface area contributed by atoms with Crippen LogP contribution < -0.4 is 5.32 Å². The molecule has 8 heavy (non-hydrogen) atoms. The van der Waals surface area contributed by atoms with Crippen LogP contribution in [0.3, 0.4) is 0 Å². The van der Waals surface area contributed by atoms with Gasteiger partial charge in [0.15, 0.2) is 0 Å². The van der Waals surface area contributed by atoms with E-state index in [-0.39, 0.29) is 0 Å². The summed E-state index contributed by atoms with van der Waals surface area (Å²) in [4.78, 5) is 0. The lowest BCUT2D eigenvalue weighted by Gasteiger charge is -2.05. The highest BCUT2D eigenvalue weighted by Gasteiger charge is 1.96. The summed E-state index contributed by atoms with van der Waals surface area (Å²) in [7, 11) is 0. The van der Waals surface area contributed by atoms with Crippen molar-refractivity contribution in [2.45, 2.75) is 20.3 Å². The minimum atomic E-state index is 1.10. The summed E-state index contributed by atoms with van der Waals surface area (Å²) in [5.74, 6) is 0. The van der Waals surface area contributed by atoms with Crippen molar-refractivity contribution in [3.8, 4) is 0 Å². The minimum absolute atomic E-state index is 1.10. The van der Waals surface area contributed by atoms with Gasteiger partial charge in [0.05, 0.1) is 0 Å². The highest BCUT2D eigenvalue weighted by atomic mass is 14.8. The zero-order valence-corrected chi connectivity index (χ0v) is 5.31. The van der Waals surface area contributed by atoms with E-state index >= 15 is 0 Å². The summed E-state index contributed by atoms with van der Waals surface area (Å²) in [5, 5.41) is 4.02. The van der Waals surface area contributed by atoms with Gasteiger partial charge in [-0.3, -0.25) is 5.32 Å². The van der Waals surface area contributed by atoms with E-state index in [0.717, 1.165) is 6.42 Å². The first kappa shape index (κ1) is 5.42. The molecule has 0 bridgehead atoms. The van der Waals surface area contributed by atoms with E-state index in [4.69, 9.17) is 0 Å². The normalized spacial score (nSPS) is 18.8. The Morgan fingerprint density at radius 2 is 1.75 bits per heavy atom. The first-order valence-corrected chi connectivity index (χ1v) is 2.80. The van der Waals surface area contributed by atoms with Crippen molar-refractivity contribution in [2.24, 2.45) is 0 Å². The second-order valence-corrected chi connectivity index (χ2v) is 2.28.